The van der Waals surface area contributed by atoms with Gasteiger partial charge in [-0.3, -0.25) is 0 Å². The number of ether oxygens (including phenoxy) is 1. The van der Waals surface area contributed by atoms with E-state index in [1.165, 1.54) is 64.2 Å². The van der Waals surface area contributed by atoms with Crippen LogP contribution >= 0.6 is 0 Å². The summed E-state index contributed by atoms with van der Waals surface area (Å²) >= 11 is 0. The predicted octanol–water partition coefficient (Wildman–Crippen LogP) is 5.23. The monoisotopic (exact) mass is 253 g/mol. The maximum absolute atomic E-state index is 8.54. The number of nitriles is 1. The molecule has 0 fully saturated rings. The van der Waals surface area contributed by atoms with E-state index in [-0.39, 0.29) is 6.10 Å². The van der Waals surface area contributed by atoms with Gasteiger partial charge in [-0.1, -0.05) is 71.1 Å². The molecule has 0 heterocycles. The number of nitrogens with zero attached hydrogens (tertiary/aromatic N) is 1. The van der Waals surface area contributed by atoms with Gasteiger partial charge in [-0.05, 0) is 13.3 Å². The van der Waals surface area contributed by atoms with Gasteiger partial charge >= 0.3 is 0 Å². The van der Waals surface area contributed by atoms with Crippen molar-refractivity contribution in [1.29, 1.82) is 5.26 Å². The van der Waals surface area contributed by atoms with Crippen LogP contribution in [0, 0.1) is 11.3 Å². The highest BCUT2D eigenvalue weighted by molar-refractivity contribution is 4.78. The largest absolute Gasteiger partial charge is 0.364 e. The highest BCUT2D eigenvalue weighted by Gasteiger charge is 1.97. The minimum Gasteiger partial charge on any atom is -0.364 e. The molecule has 0 aliphatic rings. The molecule has 0 aromatic rings. The molecule has 0 spiro atoms. The van der Waals surface area contributed by atoms with Crippen molar-refractivity contribution < 1.29 is 4.74 Å². The average molecular weight is 253 g/mol. The molecule has 0 bridgehead atoms. The minimum absolute atomic E-state index is 0.242. The van der Waals surface area contributed by atoms with Crippen LogP contribution in [0.4, 0.5) is 0 Å². The second kappa shape index (κ2) is 14.5. The summed E-state index contributed by atoms with van der Waals surface area (Å²) in [6.07, 6.45) is 14.6. The van der Waals surface area contributed by atoms with Crippen LogP contribution in [0.5, 0.6) is 0 Å². The summed E-state index contributed by atoms with van der Waals surface area (Å²) in [6.45, 7) is 4.81. The van der Waals surface area contributed by atoms with Crippen molar-refractivity contribution >= 4 is 0 Å². The third-order valence-electron chi connectivity index (χ3n) is 3.30. The molecular formula is C16H31NO. The molecule has 0 amide bonds. The van der Waals surface area contributed by atoms with Crippen LogP contribution in [-0.4, -0.2) is 12.7 Å². The van der Waals surface area contributed by atoms with E-state index in [0.29, 0.717) is 0 Å². The third kappa shape index (κ3) is 13.5. The second-order valence-corrected chi connectivity index (χ2v) is 5.18. The predicted molar refractivity (Wildman–Crippen MR) is 77.5 cm³/mol. The molecule has 0 rings (SSSR count). The summed E-state index contributed by atoms with van der Waals surface area (Å²) in [5.74, 6) is 0. The van der Waals surface area contributed by atoms with Crippen molar-refractivity contribution in [3.63, 3.8) is 0 Å². The quantitative estimate of drug-likeness (QED) is 0.421. The van der Waals surface area contributed by atoms with Crippen molar-refractivity contribution in [2.45, 2.75) is 90.6 Å². The first-order valence-corrected chi connectivity index (χ1v) is 7.82. The summed E-state index contributed by atoms with van der Waals surface area (Å²) < 4.78 is 5.31. The Balaban J connectivity index is 2.97. The third-order valence-corrected chi connectivity index (χ3v) is 3.30. The van der Waals surface area contributed by atoms with Crippen molar-refractivity contribution in [3.8, 4) is 6.07 Å². The number of unbranched alkanes of at least 4 members (excludes halogenated alkanes) is 10. The Bertz CT molecular complexity index is 198. The molecule has 0 aliphatic heterocycles. The molecule has 0 N–H and O–H groups in total. The Morgan fingerprint density at radius 1 is 0.833 bits per heavy atom. The van der Waals surface area contributed by atoms with Crippen molar-refractivity contribution in [1.82, 2.24) is 0 Å². The molecule has 18 heavy (non-hydrogen) atoms. The van der Waals surface area contributed by atoms with E-state index in [0.717, 1.165) is 13.0 Å². The smallest absolute Gasteiger partial charge is 0.141 e. The fraction of sp³-hybridized carbons (Fsp3) is 0.938. The van der Waals surface area contributed by atoms with Crippen LogP contribution < -0.4 is 0 Å². The first-order valence-electron chi connectivity index (χ1n) is 7.82. The maximum atomic E-state index is 8.54. The van der Waals surface area contributed by atoms with E-state index in [4.69, 9.17) is 10.00 Å². The zero-order valence-electron chi connectivity index (χ0n) is 12.4. The number of rotatable bonds is 13. The number of hydrogen-bond donors (Lipinski definition) is 0. The van der Waals surface area contributed by atoms with Crippen LogP contribution in [0.25, 0.3) is 0 Å². The van der Waals surface area contributed by atoms with Gasteiger partial charge in [0, 0.05) is 6.61 Å². The van der Waals surface area contributed by atoms with Gasteiger partial charge in [0.1, 0.15) is 6.10 Å². The van der Waals surface area contributed by atoms with Crippen molar-refractivity contribution in [3.05, 3.63) is 0 Å². The Kier molecular flexibility index (Phi) is 14.1. The fourth-order valence-corrected chi connectivity index (χ4v) is 2.06. The van der Waals surface area contributed by atoms with E-state index in [2.05, 4.69) is 13.0 Å². The zero-order chi connectivity index (χ0) is 13.5. The summed E-state index contributed by atoms with van der Waals surface area (Å²) in [5.41, 5.74) is 0. The molecule has 0 aliphatic carbocycles. The van der Waals surface area contributed by atoms with Gasteiger partial charge in [0.15, 0.2) is 0 Å². The van der Waals surface area contributed by atoms with Crippen LogP contribution in [-0.2, 0) is 4.74 Å². The molecule has 106 valence electrons. The first kappa shape index (κ1) is 17.4. The van der Waals surface area contributed by atoms with E-state index >= 15 is 0 Å². The average Bonchev–Trinajstić information content (AvgIpc) is 2.39. The van der Waals surface area contributed by atoms with Crippen LogP contribution in [0.3, 0.4) is 0 Å². The minimum atomic E-state index is -0.242. The van der Waals surface area contributed by atoms with E-state index in [9.17, 15) is 0 Å². The molecule has 2 heteroatoms. The Labute approximate surface area is 114 Å². The van der Waals surface area contributed by atoms with Crippen LogP contribution in [0.1, 0.15) is 84.5 Å². The molecular weight excluding hydrogens is 222 g/mol. The van der Waals surface area contributed by atoms with Gasteiger partial charge in [0.25, 0.3) is 0 Å². The summed E-state index contributed by atoms with van der Waals surface area (Å²) in [6, 6.07) is 2.08. The van der Waals surface area contributed by atoms with Crippen LogP contribution in [0.15, 0.2) is 0 Å². The van der Waals surface area contributed by atoms with E-state index < -0.39 is 0 Å². The summed E-state index contributed by atoms with van der Waals surface area (Å²) in [7, 11) is 0. The lowest BCUT2D eigenvalue weighted by atomic mass is 10.1. The van der Waals surface area contributed by atoms with Gasteiger partial charge in [0.05, 0.1) is 6.07 Å². The summed E-state index contributed by atoms with van der Waals surface area (Å²) in [5, 5.41) is 8.54. The first-order chi connectivity index (χ1) is 8.81. The lowest BCUT2D eigenvalue weighted by Crippen LogP contribution is -2.05. The zero-order valence-corrected chi connectivity index (χ0v) is 12.4. The topological polar surface area (TPSA) is 33.0 Å². The molecule has 0 aromatic carbocycles. The molecule has 0 aromatic heterocycles. The van der Waals surface area contributed by atoms with Crippen LogP contribution in [0.2, 0.25) is 0 Å². The maximum Gasteiger partial charge on any atom is 0.141 e. The van der Waals surface area contributed by atoms with Crippen molar-refractivity contribution in [2.75, 3.05) is 6.61 Å². The van der Waals surface area contributed by atoms with E-state index in [1.807, 2.05) is 0 Å². The van der Waals surface area contributed by atoms with Gasteiger partial charge in [0.2, 0.25) is 0 Å². The molecule has 0 saturated heterocycles. The van der Waals surface area contributed by atoms with E-state index in [1.54, 1.807) is 6.92 Å². The Morgan fingerprint density at radius 3 is 1.72 bits per heavy atom. The molecule has 0 saturated carbocycles. The SMILES string of the molecule is CCCCCCCCCCCCCOC(C)C#N. The molecule has 2 nitrogen and oxygen atoms in total. The highest BCUT2D eigenvalue weighted by atomic mass is 16.5. The lowest BCUT2D eigenvalue weighted by molar-refractivity contribution is 0.0984. The van der Waals surface area contributed by atoms with Gasteiger partial charge in [-0.15, -0.1) is 0 Å². The van der Waals surface area contributed by atoms with Gasteiger partial charge in [-0.2, -0.15) is 5.26 Å². The summed E-state index contributed by atoms with van der Waals surface area (Å²) in [4.78, 5) is 0. The fourth-order valence-electron chi connectivity index (χ4n) is 2.06. The van der Waals surface area contributed by atoms with Gasteiger partial charge < -0.3 is 4.74 Å². The van der Waals surface area contributed by atoms with Gasteiger partial charge in [-0.25, -0.2) is 0 Å². The highest BCUT2D eigenvalue weighted by Crippen LogP contribution is 2.11. The Morgan fingerprint density at radius 2 is 1.28 bits per heavy atom. The van der Waals surface area contributed by atoms with Crippen molar-refractivity contribution in [2.24, 2.45) is 0 Å². The standard InChI is InChI=1S/C16H31NO/c1-3-4-5-6-7-8-9-10-11-12-13-14-18-16(2)15-17/h16H,3-14H2,1-2H3. The molecule has 1 atom stereocenters. The normalized spacial score (nSPS) is 12.3. The molecule has 1 unspecified atom stereocenters. The number of hydrogen-bond acceptors (Lipinski definition) is 2. The lowest BCUT2D eigenvalue weighted by Gasteiger charge is -2.05. The molecule has 0 radical (unpaired) electrons. The Hall–Kier alpha value is -0.550. The second-order valence-electron chi connectivity index (χ2n) is 5.18.